The molecule has 3 rings (SSSR count). The monoisotopic (exact) mass is 312 g/mol. The van der Waals surface area contributed by atoms with Gasteiger partial charge in [-0.25, -0.2) is 0 Å². The molecule has 1 aliphatic rings. The van der Waals surface area contributed by atoms with E-state index in [9.17, 15) is 9.59 Å². The van der Waals surface area contributed by atoms with Gasteiger partial charge in [0.1, 0.15) is 0 Å². The van der Waals surface area contributed by atoms with E-state index in [1.807, 2.05) is 16.9 Å². The average molecular weight is 312 g/mol. The molecular formula is C17H20N4O2. The van der Waals surface area contributed by atoms with Gasteiger partial charge in [-0.1, -0.05) is 18.2 Å². The summed E-state index contributed by atoms with van der Waals surface area (Å²) in [5.74, 6) is -0.450. The van der Waals surface area contributed by atoms with Crippen LogP contribution < -0.4 is 10.6 Å². The van der Waals surface area contributed by atoms with Gasteiger partial charge in [0.05, 0.1) is 12.7 Å². The number of carbonyl (C=O) groups excluding carboxylic acids is 2. The van der Waals surface area contributed by atoms with Crippen molar-refractivity contribution in [3.63, 3.8) is 0 Å². The van der Waals surface area contributed by atoms with Crippen molar-refractivity contribution in [1.82, 2.24) is 20.4 Å². The molecular weight excluding hydrogens is 292 g/mol. The predicted octanol–water partition coefficient (Wildman–Crippen LogP) is 1.27. The number of carbonyl (C=O) groups is 2. The van der Waals surface area contributed by atoms with Crippen LogP contribution in [-0.4, -0.2) is 28.1 Å². The van der Waals surface area contributed by atoms with E-state index in [0.29, 0.717) is 12.1 Å². The molecule has 0 bridgehead atoms. The smallest absolute Gasteiger partial charge is 0.251 e. The van der Waals surface area contributed by atoms with E-state index >= 15 is 0 Å². The highest BCUT2D eigenvalue weighted by Gasteiger charge is 2.15. The van der Waals surface area contributed by atoms with Crippen molar-refractivity contribution in [2.45, 2.75) is 32.4 Å². The molecule has 2 aromatic rings. The van der Waals surface area contributed by atoms with Crippen LogP contribution in [0.25, 0.3) is 0 Å². The zero-order valence-electron chi connectivity index (χ0n) is 12.9. The topological polar surface area (TPSA) is 76.0 Å². The van der Waals surface area contributed by atoms with E-state index in [4.69, 9.17) is 0 Å². The normalized spacial score (nSPS) is 13.2. The van der Waals surface area contributed by atoms with Crippen molar-refractivity contribution >= 4 is 11.8 Å². The number of fused-ring (bicyclic) bond motifs is 1. The maximum Gasteiger partial charge on any atom is 0.251 e. The van der Waals surface area contributed by atoms with Crippen molar-refractivity contribution in [3.05, 3.63) is 53.3 Å². The first kappa shape index (κ1) is 15.3. The van der Waals surface area contributed by atoms with Crippen molar-refractivity contribution in [1.29, 1.82) is 0 Å². The third-order valence-corrected chi connectivity index (χ3v) is 3.99. The molecule has 120 valence electrons. The zero-order chi connectivity index (χ0) is 16.1. The Morgan fingerprint density at radius 3 is 2.78 bits per heavy atom. The average Bonchev–Trinajstić information content (AvgIpc) is 3.02. The Kier molecular flexibility index (Phi) is 4.71. The lowest BCUT2D eigenvalue weighted by Gasteiger charge is -2.15. The van der Waals surface area contributed by atoms with Crippen LogP contribution >= 0.6 is 0 Å². The van der Waals surface area contributed by atoms with Crippen molar-refractivity contribution in [2.75, 3.05) is 6.54 Å². The van der Waals surface area contributed by atoms with Gasteiger partial charge in [-0.15, -0.1) is 0 Å². The lowest BCUT2D eigenvalue weighted by atomic mass is 10.1. The number of nitrogens with zero attached hydrogens (tertiary/aromatic N) is 2. The first-order valence-electron chi connectivity index (χ1n) is 7.87. The van der Waals surface area contributed by atoms with Crippen LogP contribution in [0.5, 0.6) is 0 Å². The summed E-state index contributed by atoms with van der Waals surface area (Å²) >= 11 is 0. The quantitative estimate of drug-likeness (QED) is 0.873. The van der Waals surface area contributed by atoms with Crippen molar-refractivity contribution in [3.8, 4) is 0 Å². The fourth-order valence-electron chi connectivity index (χ4n) is 2.74. The van der Waals surface area contributed by atoms with Gasteiger partial charge in [-0.05, 0) is 31.4 Å². The summed E-state index contributed by atoms with van der Waals surface area (Å²) in [5.41, 5.74) is 2.82. The fraction of sp³-hybridized carbons (Fsp3) is 0.353. The van der Waals surface area contributed by atoms with Gasteiger partial charge >= 0.3 is 0 Å². The number of benzene rings is 1. The highest BCUT2D eigenvalue weighted by Crippen LogP contribution is 2.17. The van der Waals surface area contributed by atoms with Crippen molar-refractivity contribution in [2.24, 2.45) is 0 Å². The van der Waals surface area contributed by atoms with E-state index < -0.39 is 0 Å². The number of hydrogen-bond acceptors (Lipinski definition) is 3. The molecule has 2 heterocycles. The fourth-order valence-corrected chi connectivity index (χ4v) is 2.74. The van der Waals surface area contributed by atoms with Crippen LogP contribution in [0.2, 0.25) is 0 Å². The van der Waals surface area contributed by atoms with E-state index in [1.165, 1.54) is 12.1 Å². The summed E-state index contributed by atoms with van der Waals surface area (Å²) in [6, 6.07) is 8.85. The first-order valence-corrected chi connectivity index (χ1v) is 7.87. The summed E-state index contributed by atoms with van der Waals surface area (Å²) in [5, 5.41) is 9.80. The van der Waals surface area contributed by atoms with E-state index in [2.05, 4.69) is 15.7 Å². The second-order valence-electron chi connectivity index (χ2n) is 5.62. The molecule has 23 heavy (non-hydrogen) atoms. The summed E-state index contributed by atoms with van der Waals surface area (Å²) in [7, 11) is 0. The number of rotatable bonds is 5. The molecule has 0 saturated heterocycles. The number of hydrogen-bond donors (Lipinski definition) is 2. The molecule has 0 aliphatic carbocycles. The summed E-state index contributed by atoms with van der Waals surface area (Å²) in [6.07, 6.45) is 5.16. The van der Waals surface area contributed by atoms with Crippen LogP contribution in [-0.2, 0) is 24.3 Å². The van der Waals surface area contributed by atoms with Gasteiger partial charge in [0, 0.05) is 29.9 Å². The molecule has 0 spiro atoms. The molecule has 0 fully saturated rings. The molecule has 1 aromatic heterocycles. The molecule has 0 unspecified atom stereocenters. The summed E-state index contributed by atoms with van der Waals surface area (Å²) < 4.78 is 2.02. The Balaban J connectivity index is 1.47. The van der Waals surface area contributed by atoms with Gasteiger partial charge in [-0.3, -0.25) is 14.3 Å². The summed E-state index contributed by atoms with van der Waals surface area (Å²) in [6.45, 7) is 1.38. The maximum absolute atomic E-state index is 11.9. The Bertz CT molecular complexity index is 694. The third kappa shape index (κ3) is 3.77. The summed E-state index contributed by atoms with van der Waals surface area (Å²) in [4.78, 5) is 23.8. The second-order valence-corrected chi connectivity index (χ2v) is 5.62. The molecule has 1 aromatic carbocycles. The molecule has 6 nitrogen and oxygen atoms in total. The Hall–Kier alpha value is -2.63. The standard InChI is InChI=1S/C17H20N4O2/c22-16(12-19-17(23)13-6-2-1-3-7-13)18-10-14-11-20-21-9-5-4-8-15(14)21/h1-3,6-7,11H,4-5,8-10,12H2,(H,18,22)(H,19,23). The number of nitrogens with one attached hydrogen (secondary N) is 2. The molecule has 0 atom stereocenters. The van der Waals surface area contributed by atoms with Crippen LogP contribution in [0.15, 0.2) is 36.5 Å². The van der Waals surface area contributed by atoms with Crippen LogP contribution in [0.3, 0.4) is 0 Å². The first-order chi connectivity index (χ1) is 11.2. The van der Waals surface area contributed by atoms with E-state index in [0.717, 1.165) is 24.9 Å². The lowest BCUT2D eigenvalue weighted by Crippen LogP contribution is -2.36. The van der Waals surface area contributed by atoms with Crippen molar-refractivity contribution < 1.29 is 9.59 Å². The van der Waals surface area contributed by atoms with E-state index in [-0.39, 0.29) is 18.4 Å². The Morgan fingerprint density at radius 1 is 1.13 bits per heavy atom. The van der Waals surface area contributed by atoms with Gasteiger partial charge in [0.2, 0.25) is 5.91 Å². The van der Waals surface area contributed by atoms with Gasteiger partial charge in [-0.2, -0.15) is 5.10 Å². The number of amides is 2. The minimum Gasteiger partial charge on any atom is -0.350 e. The van der Waals surface area contributed by atoms with Gasteiger partial charge in [0.15, 0.2) is 0 Å². The number of aryl methyl sites for hydroxylation is 1. The molecule has 2 N–H and O–H groups in total. The number of aromatic nitrogens is 2. The molecule has 1 aliphatic heterocycles. The predicted molar refractivity (Wildman–Crippen MR) is 85.8 cm³/mol. The van der Waals surface area contributed by atoms with Gasteiger partial charge < -0.3 is 10.6 Å². The second kappa shape index (κ2) is 7.09. The Labute approximate surface area is 134 Å². The molecule has 0 saturated carbocycles. The van der Waals surface area contributed by atoms with E-state index in [1.54, 1.807) is 24.3 Å². The van der Waals surface area contributed by atoms with Crippen LogP contribution in [0, 0.1) is 0 Å². The third-order valence-electron chi connectivity index (χ3n) is 3.99. The SMILES string of the molecule is O=C(CNC(=O)c1ccccc1)NCc1cnn2c1CCCC2. The van der Waals surface area contributed by atoms with Gasteiger partial charge in [0.25, 0.3) is 5.91 Å². The zero-order valence-corrected chi connectivity index (χ0v) is 12.9. The van der Waals surface area contributed by atoms with Crippen LogP contribution in [0.4, 0.5) is 0 Å². The maximum atomic E-state index is 11.9. The minimum atomic E-state index is -0.247. The molecule has 0 radical (unpaired) electrons. The Morgan fingerprint density at radius 2 is 1.96 bits per heavy atom. The molecule has 6 heteroatoms. The van der Waals surface area contributed by atoms with Crippen LogP contribution in [0.1, 0.15) is 34.5 Å². The highest BCUT2D eigenvalue weighted by molar-refractivity contribution is 5.96. The molecule has 2 amide bonds. The largest absolute Gasteiger partial charge is 0.350 e. The highest BCUT2D eigenvalue weighted by atomic mass is 16.2. The lowest BCUT2D eigenvalue weighted by molar-refractivity contribution is -0.120. The minimum absolute atomic E-state index is 0.0306.